The third-order valence-corrected chi connectivity index (χ3v) is 3.70. The van der Waals surface area contributed by atoms with E-state index in [-0.39, 0.29) is 0 Å². The summed E-state index contributed by atoms with van der Waals surface area (Å²) < 4.78 is 1.95. The van der Waals surface area contributed by atoms with Gasteiger partial charge in [-0.05, 0) is 26.3 Å². The third-order valence-electron chi connectivity index (χ3n) is 2.71. The molecule has 4 nitrogen and oxygen atoms in total. The minimum atomic E-state index is 0.433. The highest BCUT2D eigenvalue weighted by molar-refractivity contribution is 7.09. The lowest BCUT2D eigenvalue weighted by molar-refractivity contribution is 0.454. The van der Waals surface area contributed by atoms with Crippen molar-refractivity contribution in [3.05, 3.63) is 34.5 Å². The molecule has 2 aromatic heterocycles. The number of hydrogen-bond acceptors (Lipinski definition) is 4. The van der Waals surface area contributed by atoms with E-state index in [0.717, 1.165) is 25.2 Å². The molecule has 0 fully saturated rings. The molecule has 1 N–H and O–H groups in total. The second-order valence-electron chi connectivity index (χ2n) is 4.19. The Hall–Kier alpha value is -1.20. The number of aryl methyl sites for hydroxylation is 1. The van der Waals surface area contributed by atoms with Crippen LogP contribution in [0.4, 0.5) is 0 Å². The average molecular weight is 250 g/mol. The van der Waals surface area contributed by atoms with Crippen LogP contribution in [0, 0.1) is 6.92 Å². The number of nitrogens with one attached hydrogen (secondary N) is 1. The predicted octanol–water partition coefficient (Wildman–Crippen LogP) is 1.87. The van der Waals surface area contributed by atoms with E-state index in [1.165, 1.54) is 4.88 Å². The average Bonchev–Trinajstić information content (AvgIpc) is 2.91. The van der Waals surface area contributed by atoms with Crippen molar-refractivity contribution in [1.82, 2.24) is 20.1 Å². The number of nitrogens with zero attached hydrogens (tertiary/aromatic N) is 3. The lowest BCUT2D eigenvalue weighted by atomic mass is 10.2. The summed E-state index contributed by atoms with van der Waals surface area (Å²) in [6.07, 6.45) is 4.86. The van der Waals surface area contributed by atoms with Crippen LogP contribution in [0.2, 0.25) is 0 Å². The van der Waals surface area contributed by atoms with Crippen molar-refractivity contribution in [2.24, 2.45) is 0 Å². The van der Waals surface area contributed by atoms with E-state index >= 15 is 0 Å². The highest BCUT2D eigenvalue weighted by atomic mass is 32.1. The minimum absolute atomic E-state index is 0.433. The van der Waals surface area contributed by atoms with Gasteiger partial charge in [-0.1, -0.05) is 0 Å². The molecule has 0 saturated carbocycles. The molecule has 2 rings (SSSR count). The number of thiazole rings is 1. The Morgan fingerprint density at radius 2 is 2.41 bits per heavy atom. The predicted molar refractivity (Wildman–Crippen MR) is 70.2 cm³/mol. The first kappa shape index (κ1) is 12.3. The lowest BCUT2D eigenvalue weighted by Gasteiger charge is -2.13. The Balaban J connectivity index is 1.70. The van der Waals surface area contributed by atoms with E-state index in [0.29, 0.717) is 6.04 Å². The minimum Gasteiger partial charge on any atom is -0.312 e. The van der Waals surface area contributed by atoms with Gasteiger partial charge in [0, 0.05) is 29.9 Å². The van der Waals surface area contributed by atoms with Gasteiger partial charge in [0.15, 0.2) is 0 Å². The molecular formula is C12H18N4S. The maximum Gasteiger partial charge on any atom is 0.0797 e. The van der Waals surface area contributed by atoms with Gasteiger partial charge in [0.1, 0.15) is 0 Å². The first-order chi connectivity index (χ1) is 8.25. The lowest BCUT2D eigenvalue weighted by Crippen LogP contribution is -2.32. The third kappa shape index (κ3) is 3.64. The quantitative estimate of drug-likeness (QED) is 0.851. The van der Waals surface area contributed by atoms with Gasteiger partial charge in [-0.3, -0.25) is 4.68 Å². The number of hydrogen-bond donors (Lipinski definition) is 1. The molecule has 0 aromatic carbocycles. The molecule has 0 aliphatic carbocycles. The molecule has 5 heteroatoms. The van der Waals surface area contributed by atoms with Crippen LogP contribution in [-0.4, -0.2) is 27.4 Å². The van der Waals surface area contributed by atoms with Crippen molar-refractivity contribution in [3.8, 4) is 0 Å². The molecule has 0 spiro atoms. The van der Waals surface area contributed by atoms with Gasteiger partial charge in [-0.15, -0.1) is 11.3 Å². The first-order valence-electron chi connectivity index (χ1n) is 5.85. The fourth-order valence-corrected chi connectivity index (χ4v) is 2.53. The molecule has 1 unspecified atom stereocenters. The van der Waals surface area contributed by atoms with E-state index in [1.807, 2.05) is 28.7 Å². The van der Waals surface area contributed by atoms with Crippen molar-refractivity contribution >= 4 is 11.3 Å². The summed E-state index contributed by atoms with van der Waals surface area (Å²) in [4.78, 5) is 5.63. The molecule has 0 bridgehead atoms. The van der Waals surface area contributed by atoms with Crippen LogP contribution >= 0.6 is 11.3 Å². The van der Waals surface area contributed by atoms with Gasteiger partial charge in [-0.2, -0.15) is 5.10 Å². The first-order valence-corrected chi connectivity index (χ1v) is 6.73. The van der Waals surface area contributed by atoms with Gasteiger partial charge in [0.05, 0.1) is 17.7 Å². The molecular weight excluding hydrogens is 232 g/mol. The zero-order valence-electron chi connectivity index (χ0n) is 10.3. The van der Waals surface area contributed by atoms with Crippen molar-refractivity contribution in [3.63, 3.8) is 0 Å². The SMILES string of the molecule is Cc1ncsc1CCNC(C)Cn1cccn1. The topological polar surface area (TPSA) is 42.7 Å². The Bertz CT molecular complexity index is 435. The van der Waals surface area contributed by atoms with Crippen LogP contribution in [0.1, 0.15) is 17.5 Å². The zero-order chi connectivity index (χ0) is 12.1. The van der Waals surface area contributed by atoms with Crippen LogP contribution in [0.3, 0.4) is 0 Å². The van der Waals surface area contributed by atoms with Crippen molar-refractivity contribution in [1.29, 1.82) is 0 Å². The Morgan fingerprint density at radius 3 is 3.06 bits per heavy atom. The molecule has 2 heterocycles. The fraction of sp³-hybridized carbons (Fsp3) is 0.500. The van der Waals surface area contributed by atoms with E-state index in [1.54, 1.807) is 11.3 Å². The molecule has 1 atom stereocenters. The van der Waals surface area contributed by atoms with E-state index in [2.05, 4.69) is 29.2 Å². The van der Waals surface area contributed by atoms with Crippen LogP contribution in [-0.2, 0) is 13.0 Å². The summed E-state index contributed by atoms with van der Waals surface area (Å²) in [6, 6.07) is 2.39. The molecule has 0 aliphatic heterocycles. The Labute approximate surface area is 106 Å². The van der Waals surface area contributed by atoms with Crippen LogP contribution in [0.15, 0.2) is 24.0 Å². The smallest absolute Gasteiger partial charge is 0.0797 e. The highest BCUT2D eigenvalue weighted by Crippen LogP contribution is 2.11. The molecule has 2 aromatic rings. The molecule has 0 saturated heterocycles. The van der Waals surface area contributed by atoms with Crippen molar-refractivity contribution < 1.29 is 0 Å². The van der Waals surface area contributed by atoms with Crippen molar-refractivity contribution in [2.75, 3.05) is 6.54 Å². The van der Waals surface area contributed by atoms with Crippen molar-refractivity contribution in [2.45, 2.75) is 32.9 Å². The molecule has 0 amide bonds. The number of rotatable bonds is 6. The monoisotopic (exact) mass is 250 g/mol. The second-order valence-corrected chi connectivity index (χ2v) is 5.13. The highest BCUT2D eigenvalue weighted by Gasteiger charge is 2.04. The molecule has 0 aliphatic rings. The van der Waals surface area contributed by atoms with Gasteiger partial charge in [0.25, 0.3) is 0 Å². The Kier molecular flexibility index (Phi) is 4.28. The molecule has 17 heavy (non-hydrogen) atoms. The van der Waals surface area contributed by atoms with Gasteiger partial charge in [-0.25, -0.2) is 4.98 Å². The van der Waals surface area contributed by atoms with Gasteiger partial charge < -0.3 is 5.32 Å². The summed E-state index contributed by atoms with van der Waals surface area (Å²) in [5.41, 5.74) is 3.08. The summed E-state index contributed by atoms with van der Waals surface area (Å²) >= 11 is 1.74. The largest absolute Gasteiger partial charge is 0.312 e. The van der Waals surface area contributed by atoms with Gasteiger partial charge >= 0.3 is 0 Å². The molecule has 0 radical (unpaired) electrons. The number of aromatic nitrogens is 3. The van der Waals surface area contributed by atoms with E-state index < -0.39 is 0 Å². The summed E-state index contributed by atoms with van der Waals surface area (Å²) in [6.45, 7) is 6.15. The summed E-state index contributed by atoms with van der Waals surface area (Å²) in [7, 11) is 0. The van der Waals surface area contributed by atoms with Crippen LogP contribution in [0.5, 0.6) is 0 Å². The summed E-state index contributed by atoms with van der Waals surface area (Å²) in [5, 5.41) is 7.70. The van der Waals surface area contributed by atoms with Gasteiger partial charge in [0.2, 0.25) is 0 Å². The van der Waals surface area contributed by atoms with E-state index in [4.69, 9.17) is 0 Å². The Morgan fingerprint density at radius 1 is 1.53 bits per heavy atom. The zero-order valence-corrected chi connectivity index (χ0v) is 11.1. The van der Waals surface area contributed by atoms with E-state index in [9.17, 15) is 0 Å². The maximum absolute atomic E-state index is 4.25. The van der Waals surface area contributed by atoms with Crippen LogP contribution < -0.4 is 5.32 Å². The maximum atomic E-state index is 4.25. The second kappa shape index (κ2) is 5.93. The molecule has 92 valence electrons. The normalized spacial score (nSPS) is 12.8. The fourth-order valence-electron chi connectivity index (χ4n) is 1.75. The van der Waals surface area contributed by atoms with Crippen LogP contribution in [0.25, 0.3) is 0 Å². The summed E-state index contributed by atoms with van der Waals surface area (Å²) in [5.74, 6) is 0. The standard InChI is InChI=1S/C12H18N4S/c1-10(8-16-7-3-5-15-16)13-6-4-12-11(2)14-9-17-12/h3,5,7,9-10,13H,4,6,8H2,1-2H3.